The number of amides is 3. The van der Waals surface area contributed by atoms with Crippen LogP contribution in [0.1, 0.15) is 51.1 Å². The molecule has 0 aliphatic rings. The fraction of sp³-hybridized carbons (Fsp3) is 0.250. The molecule has 3 aromatic rings. The first-order valence-electron chi connectivity index (χ1n) is 10.6. The first-order valence-corrected chi connectivity index (χ1v) is 11.4. The maximum absolute atomic E-state index is 13.7. The van der Waals surface area contributed by atoms with E-state index in [1.807, 2.05) is 56.3 Å². The van der Waals surface area contributed by atoms with E-state index in [0.29, 0.717) is 25.1 Å². The van der Waals surface area contributed by atoms with Gasteiger partial charge in [-0.2, -0.15) is 4.37 Å². The smallest absolute Gasteiger partial charge is 0.272 e. The van der Waals surface area contributed by atoms with Crippen molar-refractivity contribution in [1.82, 2.24) is 9.69 Å². The van der Waals surface area contributed by atoms with E-state index in [4.69, 9.17) is 11.5 Å². The lowest BCUT2D eigenvalue weighted by atomic mass is 10.0. The fourth-order valence-corrected chi connectivity index (χ4v) is 4.29. The summed E-state index contributed by atoms with van der Waals surface area (Å²) in [6.07, 6.45) is 1.10. The topological polar surface area (TPSA) is 131 Å². The maximum atomic E-state index is 13.7. The Hall–Kier alpha value is -3.72. The minimum Gasteiger partial charge on any atom is -0.395 e. The number of nitrogens with zero attached hydrogens (tertiary/aromatic N) is 2. The Labute approximate surface area is 196 Å². The number of hydrogen-bond acceptors (Lipinski definition) is 6. The highest BCUT2D eigenvalue weighted by atomic mass is 32.1. The number of nitrogen functional groups attached to an aromatic ring is 1. The van der Waals surface area contributed by atoms with Crippen molar-refractivity contribution < 1.29 is 14.4 Å². The van der Waals surface area contributed by atoms with E-state index in [1.165, 1.54) is 4.90 Å². The number of hydrogen-bond donors (Lipinski definition) is 3. The van der Waals surface area contributed by atoms with Crippen molar-refractivity contribution in [1.29, 1.82) is 0 Å². The van der Waals surface area contributed by atoms with Crippen LogP contribution >= 0.6 is 11.5 Å². The fourth-order valence-electron chi connectivity index (χ4n) is 3.54. The molecule has 1 heterocycles. The number of benzene rings is 2. The Bertz CT molecular complexity index is 1150. The second-order valence-corrected chi connectivity index (χ2v) is 8.38. The second kappa shape index (κ2) is 10.7. The molecule has 2 aromatic carbocycles. The molecule has 0 aliphatic heterocycles. The van der Waals surface area contributed by atoms with Crippen molar-refractivity contribution in [2.75, 3.05) is 10.6 Å². The second-order valence-electron chi connectivity index (χ2n) is 7.61. The van der Waals surface area contributed by atoms with Crippen LogP contribution in [0.4, 0.5) is 11.4 Å². The lowest BCUT2D eigenvalue weighted by Crippen LogP contribution is -2.50. The van der Waals surface area contributed by atoms with Gasteiger partial charge >= 0.3 is 0 Å². The van der Waals surface area contributed by atoms with Crippen molar-refractivity contribution in [3.05, 3.63) is 76.3 Å². The number of aryl methyl sites for hydroxylation is 1. The molecule has 0 aliphatic carbocycles. The first kappa shape index (κ1) is 23.9. The highest BCUT2D eigenvalue weighted by Crippen LogP contribution is 2.30. The molecule has 0 saturated heterocycles. The summed E-state index contributed by atoms with van der Waals surface area (Å²) in [6.45, 7) is 4.15. The van der Waals surface area contributed by atoms with Gasteiger partial charge in [-0.3, -0.25) is 19.3 Å². The monoisotopic (exact) mass is 465 g/mol. The Balaban J connectivity index is 2.01. The van der Waals surface area contributed by atoms with Gasteiger partial charge in [0.05, 0.1) is 5.69 Å². The molecule has 1 aromatic heterocycles. The molecule has 9 heteroatoms. The highest BCUT2D eigenvalue weighted by Gasteiger charge is 2.34. The maximum Gasteiger partial charge on any atom is 0.272 e. The predicted molar refractivity (Wildman–Crippen MR) is 130 cm³/mol. The number of nitrogens with two attached hydrogens (primary N) is 2. The van der Waals surface area contributed by atoms with Crippen molar-refractivity contribution >= 4 is 40.6 Å². The SMILES string of the molecule is CCCC(C(=O)NCc1ccccc1)N(C(=O)c1snc(C(N)=O)c1N)c1ccccc1C. The molecular weight excluding hydrogens is 438 g/mol. The summed E-state index contributed by atoms with van der Waals surface area (Å²) in [6, 6.07) is 16.1. The lowest BCUT2D eigenvalue weighted by Gasteiger charge is -2.32. The number of carbonyl (C=O) groups is 3. The predicted octanol–water partition coefficient (Wildman–Crippen LogP) is 3.26. The number of aromatic nitrogens is 1. The summed E-state index contributed by atoms with van der Waals surface area (Å²) in [4.78, 5) is 40.2. The van der Waals surface area contributed by atoms with E-state index < -0.39 is 17.9 Å². The van der Waals surface area contributed by atoms with Gasteiger partial charge in [-0.25, -0.2) is 0 Å². The first-order chi connectivity index (χ1) is 15.8. The van der Waals surface area contributed by atoms with Gasteiger partial charge in [0.1, 0.15) is 10.9 Å². The van der Waals surface area contributed by atoms with Crippen LogP contribution in [0.15, 0.2) is 54.6 Å². The molecule has 0 spiro atoms. The van der Waals surface area contributed by atoms with Gasteiger partial charge in [-0.15, -0.1) is 0 Å². The number of nitrogens with one attached hydrogen (secondary N) is 1. The standard InChI is InChI=1S/C24H27N5O3S/c1-3-9-18(23(31)27-14-16-11-5-4-6-12-16)29(17-13-8-7-10-15(17)2)24(32)21-19(25)20(22(26)30)28-33-21/h4-8,10-13,18H,3,9,14,25H2,1-2H3,(H2,26,30)(H,27,31). The van der Waals surface area contributed by atoms with Crippen molar-refractivity contribution in [2.24, 2.45) is 5.73 Å². The third-order valence-corrected chi connectivity index (χ3v) is 6.09. The lowest BCUT2D eigenvalue weighted by molar-refractivity contribution is -0.122. The normalized spacial score (nSPS) is 11.6. The largest absolute Gasteiger partial charge is 0.395 e. The number of rotatable bonds is 9. The summed E-state index contributed by atoms with van der Waals surface area (Å²) in [7, 11) is 0. The Kier molecular flexibility index (Phi) is 7.78. The summed E-state index contributed by atoms with van der Waals surface area (Å²) in [5, 5.41) is 2.95. The molecule has 172 valence electrons. The molecule has 3 rings (SSSR count). The molecule has 0 bridgehead atoms. The number of anilines is 2. The van der Waals surface area contributed by atoms with Crippen LogP contribution in [-0.4, -0.2) is 28.1 Å². The molecule has 8 nitrogen and oxygen atoms in total. The average Bonchev–Trinajstić information content (AvgIpc) is 3.20. The van der Waals surface area contributed by atoms with E-state index >= 15 is 0 Å². The number of primary amides is 1. The Morgan fingerprint density at radius 2 is 1.76 bits per heavy atom. The molecule has 33 heavy (non-hydrogen) atoms. The third kappa shape index (κ3) is 5.38. The Morgan fingerprint density at radius 3 is 2.36 bits per heavy atom. The zero-order chi connectivity index (χ0) is 24.0. The molecule has 5 N–H and O–H groups in total. The molecule has 0 fully saturated rings. The van der Waals surface area contributed by atoms with Crippen LogP contribution < -0.4 is 21.7 Å². The average molecular weight is 466 g/mol. The van der Waals surface area contributed by atoms with Gasteiger partial charge in [0.25, 0.3) is 11.8 Å². The third-order valence-electron chi connectivity index (χ3n) is 5.24. The highest BCUT2D eigenvalue weighted by molar-refractivity contribution is 7.09. The van der Waals surface area contributed by atoms with Crippen molar-refractivity contribution in [2.45, 2.75) is 39.3 Å². The van der Waals surface area contributed by atoms with Gasteiger partial charge < -0.3 is 16.8 Å². The molecular formula is C24H27N5O3S. The van der Waals surface area contributed by atoms with E-state index in [0.717, 1.165) is 22.7 Å². The molecule has 0 saturated carbocycles. The summed E-state index contributed by atoms with van der Waals surface area (Å²) in [5.74, 6) is -1.59. The minimum atomic E-state index is -0.809. The summed E-state index contributed by atoms with van der Waals surface area (Å²) in [5.41, 5.74) is 13.5. The van der Waals surface area contributed by atoms with Crippen LogP contribution in [0.2, 0.25) is 0 Å². The van der Waals surface area contributed by atoms with E-state index in [1.54, 1.807) is 12.1 Å². The number of para-hydroxylation sites is 1. The van der Waals surface area contributed by atoms with E-state index in [2.05, 4.69) is 9.69 Å². The van der Waals surface area contributed by atoms with Gasteiger partial charge in [0.2, 0.25) is 5.91 Å². The van der Waals surface area contributed by atoms with Gasteiger partial charge in [-0.1, -0.05) is 61.9 Å². The molecule has 0 radical (unpaired) electrons. The molecule has 1 atom stereocenters. The van der Waals surface area contributed by atoms with Gasteiger partial charge in [0.15, 0.2) is 5.69 Å². The van der Waals surface area contributed by atoms with Crippen molar-refractivity contribution in [3.8, 4) is 0 Å². The quantitative estimate of drug-likeness (QED) is 0.446. The zero-order valence-electron chi connectivity index (χ0n) is 18.6. The van der Waals surface area contributed by atoms with Crippen LogP contribution in [0.3, 0.4) is 0 Å². The minimum absolute atomic E-state index is 0.0731. The van der Waals surface area contributed by atoms with Crippen LogP contribution in [-0.2, 0) is 11.3 Å². The van der Waals surface area contributed by atoms with Crippen LogP contribution in [0.5, 0.6) is 0 Å². The Morgan fingerprint density at radius 1 is 1.09 bits per heavy atom. The summed E-state index contributed by atoms with van der Waals surface area (Å²) >= 11 is 0.800. The summed E-state index contributed by atoms with van der Waals surface area (Å²) < 4.78 is 3.96. The van der Waals surface area contributed by atoms with Gasteiger partial charge in [-0.05, 0) is 42.1 Å². The van der Waals surface area contributed by atoms with Crippen LogP contribution in [0.25, 0.3) is 0 Å². The van der Waals surface area contributed by atoms with Crippen LogP contribution in [0, 0.1) is 6.92 Å². The zero-order valence-corrected chi connectivity index (χ0v) is 19.4. The van der Waals surface area contributed by atoms with E-state index in [9.17, 15) is 14.4 Å². The van der Waals surface area contributed by atoms with Crippen molar-refractivity contribution in [3.63, 3.8) is 0 Å². The number of carbonyl (C=O) groups excluding carboxylic acids is 3. The van der Waals surface area contributed by atoms with Gasteiger partial charge in [0, 0.05) is 12.2 Å². The van der Waals surface area contributed by atoms with E-state index in [-0.39, 0.29) is 22.2 Å². The molecule has 3 amide bonds. The molecule has 1 unspecified atom stereocenters.